The molecule has 0 spiro atoms. The maximum absolute atomic E-state index is 11.5. The van der Waals surface area contributed by atoms with Gasteiger partial charge >= 0.3 is 12.0 Å². The normalized spacial score (nSPS) is 20.6. The average molecular weight is 274 g/mol. The molecule has 3 N–H and O–H groups in total. The highest BCUT2D eigenvalue weighted by Crippen LogP contribution is 2.11. The fraction of sp³-hybridized carbons (Fsp3) is 0.833. The summed E-state index contributed by atoms with van der Waals surface area (Å²) in [6.45, 7) is 2.23. The van der Waals surface area contributed by atoms with E-state index in [4.69, 9.17) is 14.6 Å². The summed E-state index contributed by atoms with van der Waals surface area (Å²) in [5.74, 6) is -0.592. The number of carbonyl (C=O) groups is 2. The van der Waals surface area contributed by atoms with Gasteiger partial charge in [0.2, 0.25) is 0 Å². The van der Waals surface area contributed by atoms with Crippen molar-refractivity contribution in [3.8, 4) is 0 Å². The zero-order chi connectivity index (χ0) is 14.1. The number of carbonyl (C=O) groups excluding carboxylic acids is 1. The molecule has 1 saturated heterocycles. The van der Waals surface area contributed by atoms with Crippen LogP contribution in [0.5, 0.6) is 0 Å². The number of ether oxygens (including phenoxy) is 2. The molecule has 1 aliphatic heterocycles. The van der Waals surface area contributed by atoms with E-state index in [0.29, 0.717) is 19.1 Å². The number of methoxy groups -OCH3 is 1. The predicted molar refractivity (Wildman–Crippen MR) is 68.0 cm³/mol. The van der Waals surface area contributed by atoms with E-state index in [-0.39, 0.29) is 19.0 Å². The molecule has 2 unspecified atom stereocenters. The number of amides is 2. The van der Waals surface area contributed by atoms with Gasteiger partial charge in [0.1, 0.15) is 0 Å². The molecule has 2 atom stereocenters. The Balaban J connectivity index is 2.13. The lowest BCUT2D eigenvalue weighted by Crippen LogP contribution is -2.43. The molecule has 0 bridgehead atoms. The van der Waals surface area contributed by atoms with Crippen LogP contribution in [-0.2, 0) is 14.3 Å². The van der Waals surface area contributed by atoms with Crippen LogP contribution >= 0.6 is 0 Å². The highest BCUT2D eigenvalue weighted by molar-refractivity contribution is 5.74. The molecule has 0 aliphatic carbocycles. The van der Waals surface area contributed by atoms with E-state index < -0.39 is 12.1 Å². The van der Waals surface area contributed by atoms with Gasteiger partial charge in [-0.05, 0) is 18.8 Å². The molecule has 1 aliphatic rings. The van der Waals surface area contributed by atoms with Crippen LogP contribution in [0.2, 0.25) is 0 Å². The van der Waals surface area contributed by atoms with Crippen molar-refractivity contribution in [2.24, 2.45) is 5.92 Å². The molecule has 0 radical (unpaired) electrons. The first-order valence-electron chi connectivity index (χ1n) is 6.46. The Morgan fingerprint density at radius 2 is 2.26 bits per heavy atom. The number of hydrogen-bond donors (Lipinski definition) is 3. The van der Waals surface area contributed by atoms with Crippen LogP contribution in [0.4, 0.5) is 4.79 Å². The molecule has 1 rings (SSSR count). The minimum atomic E-state index is -0.951. The number of aliphatic carboxylic acids is 1. The Morgan fingerprint density at radius 3 is 2.84 bits per heavy atom. The van der Waals surface area contributed by atoms with Crippen LogP contribution in [0.1, 0.15) is 19.3 Å². The van der Waals surface area contributed by atoms with Crippen LogP contribution in [0.15, 0.2) is 0 Å². The zero-order valence-electron chi connectivity index (χ0n) is 11.2. The maximum Gasteiger partial charge on any atom is 0.314 e. The average Bonchev–Trinajstić information content (AvgIpc) is 2.42. The Bertz CT molecular complexity index is 292. The first-order chi connectivity index (χ1) is 9.11. The highest BCUT2D eigenvalue weighted by Gasteiger charge is 2.16. The Labute approximate surface area is 112 Å². The molecule has 1 fully saturated rings. The topological polar surface area (TPSA) is 96.9 Å². The molecule has 0 saturated carbocycles. The Morgan fingerprint density at radius 1 is 1.47 bits per heavy atom. The summed E-state index contributed by atoms with van der Waals surface area (Å²) in [4.78, 5) is 22.0. The lowest BCUT2D eigenvalue weighted by atomic mass is 10.0. The van der Waals surface area contributed by atoms with E-state index in [1.807, 2.05) is 0 Å². The molecular weight excluding hydrogens is 252 g/mol. The van der Waals surface area contributed by atoms with Gasteiger partial charge in [-0.1, -0.05) is 0 Å². The van der Waals surface area contributed by atoms with E-state index in [0.717, 1.165) is 19.4 Å². The number of carboxylic acid groups (broad SMARTS) is 1. The van der Waals surface area contributed by atoms with Gasteiger partial charge in [-0.15, -0.1) is 0 Å². The molecular formula is C12H22N2O5. The second-order valence-electron chi connectivity index (χ2n) is 4.63. The fourth-order valence-corrected chi connectivity index (χ4v) is 1.91. The molecule has 2 amide bonds. The molecule has 0 aromatic heterocycles. The second-order valence-corrected chi connectivity index (χ2v) is 4.63. The van der Waals surface area contributed by atoms with E-state index >= 15 is 0 Å². The van der Waals surface area contributed by atoms with Gasteiger partial charge in [-0.3, -0.25) is 4.79 Å². The van der Waals surface area contributed by atoms with Gasteiger partial charge in [-0.25, -0.2) is 4.79 Å². The minimum Gasteiger partial charge on any atom is -0.481 e. The fourth-order valence-electron chi connectivity index (χ4n) is 1.91. The van der Waals surface area contributed by atoms with Crippen LogP contribution in [0.25, 0.3) is 0 Å². The van der Waals surface area contributed by atoms with Gasteiger partial charge in [0.05, 0.1) is 19.1 Å². The van der Waals surface area contributed by atoms with Gasteiger partial charge in [0, 0.05) is 26.8 Å². The quantitative estimate of drug-likeness (QED) is 0.616. The van der Waals surface area contributed by atoms with Crippen molar-refractivity contribution in [1.29, 1.82) is 0 Å². The standard InChI is InChI=1S/C12H22N2O5/c1-18-10(5-11(15)16)7-14-12(17)13-6-9-3-2-4-19-8-9/h9-10H,2-8H2,1H3,(H,15,16)(H2,13,14,17). The molecule has 19 heavy (non-hydrogen) atoms. The van der Waals surface area contributed by atoms with Crippen molar-refractivity contribution in [3.05, 3.63) is 0 Å². The third-order valence-electron chi connectivity index (χ3n) is 3.03. The van der Waals surface area contributed by atoms with Crippen molar-refractivity contribution in [2.75, 3.05) is 33.4 Å². The molecule has 7 nitrogen and oxygen atoms in total. The molecule has 7 heteroatoms. The molecule has 110 valence electrons. The third-order valence-corrected chi connectivity index (χ3v) is 3.03. The number of hydrogen-bond acceptors (Lipinski definition) is 4. The first kappa shape index (κ1) is 15.7. The number of rotatable bonds is 7. The van der Waals surface area contributed by atoms with Crippen LogP contribution < -0.4 is 10.6 Å². The van der Waals surface area contributed by atoms with Gasteiger partial charge in [0.25, 0.3) is 0 Å². The summed E-state index contributed by atoms with van der Waals surface area (Å²) in [7, 11) is 1.42. The molecule has 0 aromatic rings. The lowest BCUT2D eigenvalue weighted by molar-refractivity contribution is -0.139. The molecule has 0 aromatic carbocycles. The maximum atomic E-state index is 11.5. The van der Waals surface area contributed by atoms with E-state index in [1.54, 1.807) is 0 Å². The first-order valence-corrected chi connectivity index (χ1v) is 6.46. The summed E-state index contributed by atoms with van der Waals surface area (Å²) in [5, 5.41) is 14.0. The Hall–Kier alpha value is -1.34. The number of nitrogens with one attached hydrogen (secondary N) is 2. The summed E-state index contributed by atoms with van der Waals surface area (Å²) in [5.41, 5.74) is 0. The number of urea groups is 1. The summed E-state index contributed by atoms with van der Waals surface area (Å²) in [6.07, 6.45) is 1.44. The van der Waals surface area contributed by atoms with Gasteiger partial charge in [0.15, 0.2) is 0 Å². The van der Waals surface area contributed by atoms with E-state index in [1.165, 1.54) is 7.11 Å². The van der Waals surface area contributed by atoms with Crippen LogP contribution in [0, 0.1) is 5.92 Å². The van der Waals surface area contributed by atoms with Gasteiger partial charge in [-0.2, -0.15) is 0 Å². The second kappa shape index (κ2) is 8.71. The summed E-state index contributed by atoms with van der Waals surface area (Å²) >= 11 is 0. The molecule has 1 heterocycles. The van der Waals surface area contributed by atoms with E-state index in [2.05, 4.69) is 10.6 Å². The predicted octanol–water partition coefficient (Wildman–Crippen LogP) is 0.202. The minimum absolute atomic E-state index is 0.132. The van der Waals surface area contributed by atoms with Gasteiger partial charge < -0.3 is 25.2 Å². The third kappa shape index (κ3) is 6.97. The monoisotopic (exact) mass is 274 g/mol. The smallest absolute Gasteiger partial charge is 0.314 e. The van der Waals surface area contributed by atoms with Crippen molar-refractivity contribution in [3.63, 3.8) is 0 Å². The van der Waals surface area contributed by atoms with Crippen LogP contribution in [-0.4, -0.2) is 56.6 Å². The lowest BCUT2D eigenvalue weighted by Gasteiger charge is -2.22. The van der Waals surface area contributed by atoms with Crippen molar-refractivity contribution in [2.45, 2.75) is 25.4 Å². The number of carboxylic acids is 1. The summed E-state index contributed by atoms with van der Waals surface area (Å²) in [6, 6.07) is -0.307. The largest absolute Gasteiger partial charge is 0.481 e. The Kier molecular flexibility index (Phi) is 7.20. The van der Waals surface area contributed by atoms with Crippen molar-refractivity contribution < 1.29 is 24.2 Å². The van der Waals surface area contributed by atoms with Crippen molar-refractivity contribution >= 4 is 12.0 Å². The SMILES string of the molecule is COC(CNC(=O)NCC1CCCOC1)CC(=O)O. The summed E-state index contributed by atoms with van der Waals surface area (Å²) < 4.78 is 10.3. The highest BCUT2D eigenvalue weighted by atomic mass is 16.5. The van der Waals surface area contributed by atoms with Crippen molar-refractivity contribution in [1.82, 2.24) is 10.6 Å². The van der Waals surface area contributed by atoms with E-state index in [9.17, 15) is 9.59 Å². The van der Waals surface area contributed by atoms with Crippen LogP contribution in [0.3, 0.4) is 0 Å². The zero-order valence-corrected chi connectivity index (χ0v) is 11.2.